The van der Waals surface area contributed by atoms with Crippen molar-refractivity contribution in [2.24, 2.45) is 0 Å². The number of nitrogens with zero attached hydrogens (tertiary/aromatic N) is 1. The fourth-order valence-corrected chi connectivity index (χ4v) is 3.91. The highest BCUT2D eigenvalue weighted by Gasteiger charge is 2.13. The molecule has 0 spiro atoms. The van der Waals surface area contributed by atoms with E-state index in [1.165, 1.54) is 0 Å². The summed E-state index contributed by atoms with van der Waals surface area (Å²) in [6.45, 7) is 2.82. The summed E-state index contributed by atoms with van der Waals surface area (Å²) in [5.74, 6) is 1.30. The topological polar surface area (TPSA) is 42.2 Å². The van der Waals surface area contributed by atoms with Crippen molar-refractivity contribution in [3.05, 3.63) is 91.0 Å². The van der Waals surface area contributed by atoms with E-state index in [0.717, 1.165) is 20.3 Å². The van der Waals surface area contributed by atoms with Gasteiger partial charge in [0, 0.05) is 10.0 Å². The molecule has 0 bridgehead atoms. The van der Waals surface area contributed by atoms with Gasteiger partial charge in [-0.15, -0.1) is 0 Å². The Morgan fingerprint density at radius 3 is 2.47 bits per heavy atom. The van der Waals surface area contributed by atoms with E-state index in [1.807, 2.05) is 61.5 Å². The van der Waals surface area contributed by atoms with Crippen LogP contribution < -0.4 is 9.47 Å². The molecule has 3 aromatic carbocycles. The molecular formula is C24H18Cl2INO2. The SMILES string of the molecule is CCOc1cc(/C=C(/C#N)c2cccc(Cl)c2)cc(I)c1OCc1ccc(Cl)cc1. The lowest BCUT2D eigenvalue weighted by Gasteiger charge is -2.15. The molecule has 0 aliphatic heterocycles. The van der Waals surface area contributed by atoms with Gasteiger partial charge in [0.05, 0.1) is 21.8 Å². The zero-order valence-electron chi connectivity index (χ0n) is 16.2. The molecule has 6 heteroatoms. The zero-order valence-corrected chi connectivity index (χ0v) is 19.8. The number of allylic oxidation sites excluding steroid dienone is 1. The summed E-state index contributed by atoms with van der Waals surface area (Å²) in [6.07, 6.45) is 1.82. The van der Waals surface area contributed by atoms with E-state index in [-0.39, 0.29) is 0 Å². The molecule has 0 atom stereocenters. The maximum Gasteiger partial charge on any atom is 0.175 e. The van der Waals surface area contributed by atoms with E-state index in [9.17, 15) is 5.26 Å². The molecule has 152 valence electrons. The number of halogens is 3. The zero-order chi connectivity index (χ0) is 21.5. The average molecular weight is 550 g/mol. The molecule has 3 rings (SSSR count). The van der Waals surface area contributed by atoms with E-state index in [4.69, 9.17) is 32.7 Å². The summed E-state index contributed by atoms with van der Waals surface area (Å²) in [7, 11) is 0. The lowest BCUT2D eigenvalue weighted by Crippen LogP contribution is -2.02. The standard InChI is InChI=1S/C24H18Cl2INO2/c1-2-29-23-12-17(10-19(14-28)18-4-3-5-21(26)13-18)11-22(27)24(23)30-15-16-6-8-20(25)9-7-16/h3-13H,2,15H2,1H3/b19-10-. The van der Waals surface area contributed by atoms with Gasteiger partial charge in [-0.25, -0.2) is 0 Å². The van der Waals surface area contributed by atoms with Gasteiger partial charge >= 0.3 is 0 Å². The number of benzene rings is 3. The fraction of sp³-hybridized carbons (Fsp3) is 0.125. The number of ether oxygens (including phenoxy) is 2. The molecule has 30 heavy (non-hydrogen) atoms. The predicted octanol–water partition coefficient (Wildman–Crippen LogP) is 7.64. The second-order valence-electron chi connectivity index (χ2n) is 6.36. The van der Waals surface area contributed by atoms with Gasteiger partial charge in [0.15, 0.2) is 11.5 Å². The Morgan fingerprint density at radius 2 is 1.80 bits per heavy atom. The van der Waals surface area contributed by atoms with Crippen LogP contribution in [-0.4, -0.2) is 6.61 Å². The molecule has 0 aliphatic carbocycles. The first-order chi connectivity index (χ1) is 14.5. The van der Waals surface area contributed by atoms with Crippen molar-refractivity contribution in [2.75, 3.05) is 6.61 Å². The second kappa shape index (κ2) is 10.7. The summed E-state index contributed by atoms with van der Waals surface area (Å²) >= 11 is 14.2. The molecule has 0 amide bonds. The minimum atomic E-state index is 0.397. The van der Waals surface area contributed by atoms with E-state index in [1.54, 1.807) is 12.1 Å². The molecule has 0 fully saturated rings. The quantitative estimate of drug-likeness (QED) is 0.173. The van der Waals surface area contributed by atoms with E-state index >= 15 is 0 Å². The van der Waals surface area contributed by atoms with Gasteiger partial charge in [0.25, 0.3) is 0 Å². The van der Waals surface area contributed by atoms with Crippen molar-refractivity contribution >= 4 is 57.4 Å². The lowest BCUT2D eigenvalue weighted by atomic mass is 10.0. The Kier molecular flexibility index (Phi) is 8.03. The van der Waals surface area contributed by atoms with Crippen LogP contribution in [0.3, 0.4) is 0 Å². The van der Waals surface area contributed by atoms with Gasteiger partial charge in [0.2, 0.25) is 0 Å². The van der Waals surface area contributed by atoms with Crippen molar-refractivity contribution in [3.63, 3.8) is 0 Å². The Labute approximate surface area is 200 Å². The number of rotatable bonds is 7. The van der Waals surface area contributed by atoms with Gasteiger partial charge in [-0.1, -0.05) is 47.5 Å². The third kappa shape index (κ3) is 5.91. The van der Waals surface area contributed by atoms with Gasteiger partial charge in [-0.2, -0.15) is 5.26 Å². The first kappa shape index (κ1) is 22.5. The Morgan fingerprint density at radius 1 is 1.03 bits per heavy atom. The Balaban J connectivity index is 1.92. The first-order valence-electron chi connectivity index (χ1n) is 9.21. The molecule has 0 N–H and O–H groups in total. The molecule has 0 aliphatic rings. The monoisotopic (exact) mass is 549 g/mol. The van der Waals surface area contributed by atoms with Crippen molar-refractivity contribution in [1.29, 1.82) is 5.26 Å². The summed E-state index contributed by atoms with van der Waals surface area (Å²) in [5, 5.41) is 10.9. The number of hydrogen-bond acceptors (Lipinski definition) is 3. The summed E-state index contributed by atoms with van der Waals surface area (Å²) < 4.78 is 12.8. The van der Waals surface area contributed by atoms with Crippen molar-refractivity contribution < 1.29 is 9.47 Å². The fourth-order valence-electron chi connectivity index (χ4n) is 2.81. The van der Waals surface area contributed by atoms with Crippen LogP contribution in [0.5, 0.6) is 11.5 Å². The Bertz CT molecular complexity index is 1110. The van der Waals surface area contributed by atoms with Crippen molar-refractivity contribution in [1.82, 2.24) is 0 Å². The molecule has 0 saturated carbocycles. The summed E-state index contributed by atoms with van der Waals surface area (Å²) in [6, 6.07) is 20.9. The Hall–Kier alpha value is -2.20. The highest BCUT2D eigenvalue weighted by atomic mass is 127. The normalized spacial score (nSPS) is 11.1. The van der Waals surface area contributed by atoms with Gasteiger partial charge in [0.1, 0.15) is 6.61 Å². The van der Waals surface area contributed by atoms with Crippen LogP contribution >= 0.6 is 45.8 Å². The van der Waals surface area contributed by atoms with Crippen LogP contribution in [0.2, 0.25) is 10.0 Å². The number of hydrogen-bond donors (Lipinski definition) is 0. The smallest absolute Gasteiger partial charge is 0.175 e. The van der Waals surface area contributed by atoms with Crippen LogP contribution in [0.25, 0.3) is 11.6 Å². The molecule has 0 heterocycles. The molecule has 0 radical (unpaired) electrons. The maximum absolute atomic E-state index is 9.63. The lowest BCUT2D eigenvalue weighted by molar-refractivity contribution is 0.267. The van der Waals surface area contributed by atoms with E-state index < -0.39 is 0 Å². The van der Waals surface area contributed by atoms with Gasteiger partial charge in [-0.05, 0) is 88.7 Å². The predicted molar refractivity (Wildman–Crippen MR) is 131 cm³/mol. The largest absolute Gasteiger partial charge is 0.490 e. The minimum Gasteiger partial charge on any atom is -0.490 e. The second-order valence-corrected chi connectivity index (χ2v) is 8.39. The van der Waals surface area contributed by atoms with Crippen LogP contribution in [-0.2, 0) is 6.61 Å². The van der Waals surface area contributed by atoms with Gasteiger partial charge in [-0.3, -0.25) is 0 Å². The van der Waals surface area contributed by atoms with Crippen molar-refractivity contribution in [3.8, 4) is 17.6 Å². The van der Waals surface area contributed by atoms with Gasteiger partial charge < -0.3 is 9.47 Å². The average Bonchev–Trinajstić information content (AvgIpc) is 2.73. The van der Waals surface area contributed by atoms with Crippen LogP contribution in [0.15, 0.2) is 60.7 Å². The summed E-state index contributed by atoms with van der Waals surface area (Å²) in [4.78, 5) is 0. The number of nitriles is 1. The maximum atomic E-state index is 9.63. The molecule has 3 nitrogen and oxygen atoms in total. The molecule has 3 aromatic rings. The molecule has 0 aromatic heterocycles. The van der Waals surface area contributed by atoms with Crippen LogP contribution in [0, 0.1) is 14.9 Å². The molecule has 0 unspecified atom stereocenters. The summed E-state index contributed by atoms with van der Waals surface area (Å²) in [5.41, 5.74) is 3.14. The third-order valence-electron chi connectivity index (χ3n) is 4.20. The van der Waals surface area contributed by atoms with Crippen molar-refractivity contribution in [2.45, 2.75) is 13.5 Å². The van der Waals surface area contributed by atoms with E-state index in [0.29, 0.717) is 40.3 Å². The minimum absolute atomic E-state index is 0.397. The molecular weight excluding hydrogens is 532 g/mol. The van der Waals surface area contributed by atoms with Crippen LogP contribution in [0.1, 0.15) is 23.6 Å². The first-order valence-corrected chi connectivity index (χ1v) is 11.0. The highest BCUT2D eigenvalue weighted by molar-refractivity contribution is 14.1. The highest BCUT2D eigenvalue weighted by Crippen LogP contribution is 2.36. The van der Waals surface area contributed by atoms with Crippen LogP contribution in [0.4, 0.5) is 0 Å². The molecule has 0 saturated heterocycles. The third-order valence-corrected chi connectivity index (χ3v) is 5.48. The van der Waals surface area contributed by atoms with E-state index in [2.05, 4.69) is 28.7 Å².